The number of carbonyl (C=O) groups excluding carboxylic acids is 1. The van der Waals surface area contributed by atoms with Gasteiger partial charge in [-0.15, -0.1) is 0 Å². The molecule has 6 heteroatoms. The molecule has 2 atom stereocenters. The number of Topliss-reactive ketones (excluding diaryl/α,β-unsaturated/α-hetero) is 1. The van der Waals surface area contributed by atoms with Crippen LogP contribution < -0.4 is 0 Å². The van der Waals surface area contributed by atoms with Crippen molar-refractivity contribution < 1.29 is 4.79 Å². The number of hydrogen-bond donors (Lipinski definition) is 2. The number of nitrogens with zero attached hydrogens (tertiary/aromatic N) is 3. The van der Waals surface area contributed by atoms with Crippen molar-refractivity contribution in [1.82, 2.24) is 20.4 Å². The van der Waals surface area contributed by atoms with Crippen LogP contribution in [0.15, 0.2) is 17.3 Å². The van der Waals surface area contributed by atoms with Crippen molar-refractivity contribution in [1.29, 1.82) is 0 Å². The molecule has 4 rings (SSSR count). The van der Waals surface area contributed by atoms with E-state index in [2.05, 4.69) is 34.2 Å². The van der Waals surface area contributed by atoms with Crippen molar-refractivity contribution in [3.63, 3.8) is 0 Å². The summed E-state index contributed by atoms with van der Waals surface area (Å²) in [6, 6.07) is 1.94. The highest BCUT2D eigenvalue weighted by Gasteiger charge is 2.47. The molecule has 1 aliphatic heterocycles. The van der Waals surface area contributed by atoms with Crippen LogP contribution in [-0.4, -0.2) is 31.9 Å². The van der Waals surface area contributed by atoms with E-state index in [9.17, 15) is 4.79 Å². The number of hydrogen-bond acceptors (Lipinski definition) is 4. The van der Waals surface area contributed by atoms with Gasteiger partial charge in [-0.25, -0.2) is 4.99 Å². The summed E-state index contributed by atoms with van der Waals surface area (Å²) in [6.45, 7) is 6.23. The number of aromatic nitrogens is 4. The van der Waals surface area contributed by atoms with Gasteiger partial charge in [-0.2, -0.15) is 10.2 Å². The SMILES string of the molecule is Cc1[nH]nc2c1C(c1ccn[nH]1)C1C(=O)CC(C)(C)CC1=N2. The van der Waals surface area contributed by atoms with Crippen LogP contribution >= 0.6 is 0 Å². The van der Waals surface area contributed by atoms with Crippen LogP contribution in [0.3, 0.4) is 0 Å². The van der Waals surface area contributed by atoms with Crippen molar-refractivity contribution in [2.75, 3.05) is 0 Å². The van der Waals surface area contributed by atoms with Crippen LogP contribution in [-0.2, 0) is 4.79 Å². The van der Waals surface area contributed by atoms with E-state index in [4.69, 9.17) is 4.99 Å². The largest absolute Gasteiger partial charge is 0.299 e. The molecule has 0 radical (unpaired) electrons. The van der Waals surface area contributed by atoms with E-state index in [1.807, 2.05) is 13.0 Å². The number of fused-ring (bicyclic) bond motifs is 2. The van der Waals surface area contributed by atoms with E-state index in [1.165, 1.54) is 0 Å². The predicted octanol–water partition coefficient (Wildman–Crippen LogP) is 2.66. The summed E-state index contributed by atoms with van der Waals surface area (Å²) in [7, 11) is 0. The Balaban J connectivity index is 1.92. The maximum Gasteiger partial charge on any atom is 0.177 e. The van der Waals surface area contributed by atoms with Gasteiger partial charge in [0.2, 0.25) is 0 Å². The molecule has 0 amide bonds. The number of aryl methyl sites for hydroxylation is 1. The number of aromatic amines is 2. The number of ketones is 1. The molecule has 114 valence electrons. The molecule has 0 spiro atoms. The summed E-state index contributed by atoms with van der Waals surface area (Å²) >= 11 is 0. The van der Waals surface area contributed by atoms with E-state index in [1.54, 1.807) is 6.20 Å². The first-order chi connectivity index (χ1) is 10.5. The molecule has 0 aromatic carbocycles. The number of carbonyl (C=O) groups is 1. The number of H-pyrrole nitrogens is 2. The Kier molecular flexibility index (Phi) is 2.67. The van der Waals surface area contributed by atoms with Gasteiger partial charge in [0, 0.05) is 41.2 Å². The second kappa shape index (κ2) is 4.38. The Morgan fingerprint density at radius 3 is 2.77 bits per heavy atom. The number of aliphatic imine (C=N–C) groups is 1. The molecule has 1 fully saturated rings. The fourth-order valence-electron chi connectivity index (χ4n) is 3.88. The van der Waals surface area contributed by atoms with Gasteiger partial charge < -0.3 is 0 Å². The fourth-order valence-corrected chi connectivity index (χ4v) is 3.88. The monoisotopic (exact) mass is 297 g/mol. The highest BCUT2D eigenvalue weighted by atomic mass is 16.1. The smallest absolute Gasteiger partial charge is 0.177 e. The van der Waals surface area contributed by atoms with Gasteiger partial charge in [0.15, 0.2) is 5.82 Å². The van der Waals surface area contributed by atoms with E-state index in [0.29, 0.717) is 12.2 Å². The van der Waals surface area contributed by atoms with E-state index < -0.39 is 0 Å². The van der Waals surface area contributed by atoms with E-state index in [-0.39, 0.29) is 23.0 Å². The third-order valence-electron chi connectivity index (χ3n) is 4.74. The van der Waals surface area contributed by atoms with Crippen LogP contribution in [0.5, 0.6) is 0 Å². The van der Waals surface area contributed by atoms with Crippen molar-refractivity contribution in [3.8, 4) is 0 Å². The molecule has 2 unspecified atom stereocenters. The van der Waals surface area contributed by atoms with Gasteiger partial charge >= 0.3 is 0 Å². The van der Waals surface area contributed by atoms with Crippen molar-refractivity contribution in [2.45, 2.75) is 39.5 Å². The molecular weight excluding hydrogens is 278 g/mol. The maximum absolute atomic E-state index is 12.8. The van der Waals surface area contributed by atoms with Crippen molar-refractivity contribution >= 4 is 17.3 Å². The summed E-state index contributed by atoms with van der Waals surface area (Å²) in [5.41, 5.74) is 3.87. The lowest BCUT2D eigenvalue weighted by atomic mass is 9.64. The highest BCUT2D eigenvalue weighted by molar-refractivity contribution is 6.11. The first kappa shape index (κ1) is 13.4. The molecule has 2 aromatic heterocycles. The summed E-state index contributed by atoms with van der Waals surface area (Å²) in [4.78, 5) is 17.6. The van der Waals surface area contributed by atoms with Gasteiger partial charge in [-0.05, 0) is 24.8 Å². The molecule has 2 aromatic rings. The van der Waals surface area contributed by atoms with Crippen LogP contribution in [0, 0.1) is 18.3 Å². The Bertz CT molecular complexity index is 769. The minimum atomic E-state index is -0.197. The summed E-state index contributed by atoms with van der Waals surface area (Å²) in [5.74, 6) is 0.722. The van der Waals surface area contributed by atoms with E-state index in [0.717, 1.165) is 29.1 Å². The topological polar surface area (TPSA) is 86.8 Å². The average molecular weight is 297 g/mol. The summed E-state index contributed by atoms with van der Waals surface area (Å²) < 4.78 is 0. The van der Waals surface area contributed by atoms with Gasteiger partial charge in [-0.3, -0.25) is 15.0 Å². The van der Waals surface area contributed by atoms with Crippen LogP contribution in [0.4, 0.5) is 5.82 Å². The third kappa shape index (κ3) is 1.86. The Hall–Kier alpha value is -2.24. The summed E-state index contributed by atoms with van der Waals surface area (Å²) in [6.07, 6.45) is 3.15. The Morgan fingerprint density at radius 2 is 2.05 bits per heavy atom. The Morgan fingerprint density at radius 1 is 1.23 bits per heavy atom. The second-order valence-corrected chi connectivity index (χ2v) is 7.14. The number of nitrogens with one attached hydrogen (secondary N) is 2. The zero-order valence-electron chi connectivity index (χ0n) is 13.0. The van der Waals surface area contributed by atoms with Crippen molar-refractivity contribution in [3.05, 3.63) is 29.2 Å². The van der Waals surface area contributed by atoms with Crippen LogP contribution in [0.2, 0.25) is 0 Å². The first-order valence-electron chi connectivity index (χ1n) is 7.60. The van der Waals surface area contributed by atoms with Gasteiger partial charge in [0.05, 0.1) is 5.92 Å². The van der Waals surface area contributed by atoms with Crippen molar-refractivity contribution in [2.24, 2.45) is 16.3 Å². The normalized spacial score (nSPS) is 26.3. The minimum Gasteiger partial charge on any atom is -0.299 e. The molecule has 0 saturated heterocycles. The molecule has 1 saturated carbocycles. The minimum absolute atomic E-state index is 0.0339. The zero-order valence-corrected chi connectivity index (χ0v) is 13.0. The first-order valence-corrected chi connectivity index (χ1v) is 7.60. The standard InChI is InChI=1S/C16H19N5O/c1-8-12-14(9-4-5-17-20-9)13-10(18-15(12)21-19-8)6-16(2,3)7-11(13)22/h4-5,13-14H,6-7H2,1-3H3,(H,17,20)(H,19,21). The predicted molar refractivity (Wildman–Crippen MR) is 82.4 cm³/mol. The lowest BCUT2D eigenvalue weighted by molar-refractivity contribution is -0.124. The molecule has 1 aliphatic carbocycles. The quantitative estimate of drug-likeness (QED) is 0.848. The molecular formula is C16H19N5O. The molecule has 3 heterocycles. The number of rotatable bonds is 1. The lowest BCUT2D eigenvalue weighted by Gasteiger charge is -2.39. The molecule has 2 N–H and O–H groups in total. The average Bonchev–Trinajstić information content (AvgIpc) is 3.05. The molecule has 22 heavy (non-hydrogen) atoms. The Labute approximate surface area is 128 Å². The van der Waals surface area contributed by atoms with Crippen LogP contribution in [0.1, 0.15) is 49.6 Å². The highest BCUT2D eigenvalue weighted by Crippen LogP contribution is 2.48. The van der Waals surface area contributed by atoms with Gasteiger partial charge in [0.25, 0.3) is 0 Å². The van der Waals surface area contributed by atoms with Gasteiger partial charge in [0.1, 0.15) is 5.78 Å². The summed E-state index contributed by atoms with van der Waals surface area (Å²) in [5, 5.41) is 14.4. The molecule has 2 aliphatic rings. The van der Waals surface area contributed by atoms with E-state index >= 15 is 0 Å². The molecule has 0 bridgehead atoms. The second-order valence-electron chi connectivity index (χ2n) is 7.14. The molecule has 6 nitrogen and oxygen atoms in total. The van der Waals surface area contributed by atoms with Gasteiger partial charge in [-0.1, -0.05) is 13.8 Å². The maximum atomic E-state index is 12.8. The zero-order chi connectivity index (χ0) is 15.5. The lowest BCUT2D eigenvalue weighted by Crippen LogP contribution is -2.42. The fraction of sp³-hybridized carbons (Fsp3) is 0.500. The third-order valence-corrected chi connectivity index (χ3v) is 4.74. The van der Waals surface area contributed by atoms with Crippen LogP contribution in [0.25, 0.3) is 0 Å².